The van der Waals surface area contributed by atoms with Crippen LogP contribution >= 0.6 is 0 Å². The van der Waals surface area contributed by atoms with E-state index in [1.807, 2.05) is 106 Å². The van der Waals surface area contributed by atoms with Crippen LogP contribution in [0.2, 0.25) is 0 Å². The van der Waals surface area contributed by atoms with Gasteiger partial charge < -0.3 is 40.3 Å². The standard InChI is InChI=1S/C20H25NO4.C18H21NO3.C17H19NO3/c22-14-12-21(13-15-23)11-4-16-25-19-9-7-18(8-10-19)20(24)17-5-2-1-3-6-17;20-12-10-19(11-13-21)14-15-6-8-17(9-7-15)18(22)16-4-2-1-3-5-16;19-12-10-18(11-13-20)16-8-6-15(7-9-16)17(21)14-4-2-1-3-5-14/h1-3,5-10,22-23H,4,11-16H2;1-9,20-21H,10-14H2;1-9,19-20H,10-13H2. The van der Waals surface area contributed by atoms with Gasteiger partial charge in [-0.2, -0.15) is 0 Å². The first-order valence-electron chi connectivity index (χ1n) is 22.8. The van der Waals surface area contributed by atoms with Gasteiger partial charge in [0, 0.05) is 91.4 Å². The number of aliphatic hydroxyl groups is 6. The minimum Gasteiger partial charge on any atom is -0.494 e. The molecule has 0 aliphatic carbocycles. The average molecular weight is 928 g/mol. The monoisotopic (exact) mass is 927 g/mol. The van der Waals surface area contributed by atoms with Crippen molar-refractivity contribution in [3.05, 3.63) is 203 Å². The van der Waals surface area contributed by atoms with Crippen LogP contribution in [-0.4, -0.2) is 150 Å². The molecule has 0 bridgehead atoms. The number of rotatable bonds is 26. The molecule has 0 aliphatic rings. The first-order valence-corrected chi connectivity index (χ1v) is 22.8. The van der Waals surface area contributed by atoms with Gasteiger partial charge in [-0.25, -0.2) is 0 Å². The van der Waals surface area contributed by atoms with Gasteiger partial charge in [-0.05, 0) is 60.5 Å². The average Bonchev–Trinajstić information content (AvgIpc) is 3.39. The number of carbonyl (C=O) groups excluding carboxylic acids is 3. The molecule has 0 heterocycles. The lowest BCUT2D eigenvalue weighted by atomic mass is 10.0. The summed E-state index contributed by atoms with van der Waals surface area (Å²) in [6, 6.07) is 49.4. The van der Waals surface area contributed by atoms with Gasteiger partial charge in [0.1, 0.15) is 5.75 Å². The Kier molecular flexibility index (Phi) is 25.2. The molecule has 0 saturated carbocycles. The molecule has 0 aliphatic heterocycles. The lowest BCUT2D eigenvalue weighted by Crippen LogP contribution is -2.31. The summed E-state index contributed by atoms with van der Waals surface area (Å²) in [5, 5.41) is 54.0. The number of hydrogen-bond donors (Lipinski definition) is 6. The van der Waals surface area contributed by atoms with Crippen LogP contribution in [0.4, 0.5) is 5.69 Å². The largest absolute Gasteiger partial charge is 0.494 e. The van der Waals surface area contributed by atoms with Crippen LogP contribution < -0.4 is 9.64 Å². The van der Waals surface area contributed by atoms with Crippen molar-refractivity contribution in [2.24, 2.45) is 0 Å². The van der Waals surface area contributed by atoms with Crippen molar-refractivity contribution in [2.75, 3.05) is 97.0 Å². The molecule has 6 aromatic carbocycles. The number of aliphatic hydroxyl groups excluding tert-OH is 6. The van der Waals surface area contributed by atoms with Gasteiger partial charge >= 0.3 is 0 Å². The molecule has 68 heavy (non-hydrogen) atoms. The van der Waals surface area contributed by atoms with Crippen molar-refractivity contribution in [2.45, 2.75) is 13.0 Å². The molecule has 6 rings (SSSR count). The molecular formula is C55H65N3O10. The van der Waals surface area contributed by atoms with E-state index in [4.69, 9.17) is 35.4 Å². The Labute approximate surface area is 399 Å². The van der Waals surface area contributed by atoms with Gasteiger partial charge in [0.15, 0.2) is 17.3 Å². The van der Waals surface area contributed by atoms with E-state index in [9.17, 15) is 14.4 Å². The topological polar surface area (TPSA) is 192 Å². The van der Waals surface area contributed by atoms with E-state index >= 15 is 0 Å². The van der Waals surface area contributed by atoms with Crippen LogP contribution in [0.25, 0.3) is 0 Å². The first kappa shape index (κ1) is 54.2. The smallest absolute Gasteiger partial charge is 0.193 e. The molecule has 360 valence electrons. The molecule has 0 radical (unpaired) electrons. The van der Waals surface area contributed by atoms with Gasteiger partial charge in [0.25, 0.3) is 0 Å². The van der Waals surface area contributed by atoms with Gasteiger partial charge in [-0.3, -0.25) is 24.2 Å². The number of ether oxygens (including phenoxy) is 1. The summed E-state index contributed by atoms with van der Waals surface area (Å²) in [6.07, 6.45) is 0.796. The Morgan fingerprint density at radius 1 is 0.368 bits per heavy atom. The number of ketones is 3. The molecule has 0 atom stereocenters. The fourth-order valence-corrected chi connectivity index (χ4v) is 7.08. The van der Waals surface area contributed by atoms with E-state index in [1.165, 1.54) is 0 Å². The van der Waals surface area contributed by atoms with Crippen molar-refractivity contribution >= 4 is 23.0 Å². The Morgan fingerprint density at radius 3 is 1.09 bits per heavy atom. The number of anilines is 1. The second-order valence-electron chi connectivity index (χ2n) is 15.5. The third-order valence-corrected chi connectivity index (χ3v) is 10.6. The lowest BCUT2D eigenvalue weighted by Gasteiger charge is -2.23. The summed E-state index contributed by atoms with van der Waals surface area (Å²) in [5.41, 5.74) is 5.85. The molecule has 0 aromatic heterocycles. The minimum absolute atomic E-state index is 0.00389. The van der Waals surface area contributed by atoms with Gasteiger partial charge in [-0.1, -0.05) is 115 Å². The molecule has 0 spiro atoms. The molecule has 13 nitrogen and oxygen atoms in total. The normalized spacial score (nSPS) is 10.7. The van der Waals surface area contributed by atoms with E-state index in [-0.39, 0.29) is 57.0 Å². The molecule has 0 fully saturated rings. The predicted molar refractivity (Wildman–Crippen MR) is 266 cm³/mol. The van der Waals surface area contributed by atoms with Crippen LogP contribution in [0, 0.1) is 0 Å². The molecular weight excluding hydrogens is 863 g/mol. The Bertz CT molecular complexity index is 2280. The van der Waals surface area contributed by atoms with Crippen LogP contribution in [-0.2, 0) is 6.54 Å². The highest BCUT2D eigenvalue weighted by molar-refractivity contribution is 6.10. The molecule has 6 aromatic rings. The van der Waals surface area contributed by atoms with Gasteiger partial charge in [-0.15, -0.1) is 0 Å². The number of carbonyl (C=O) groups is 3. The van der Waals surface area contributed by atoms with Crippen LogP contribution in [0.1, 0.15) is 59.7 Å². The Balaban J connectivity index is 0.000000223. The maximum atomic E-state index is 12.3. The molecule has 0 saturated heterocycles. The van der Waals surface area contributed by atoms with E-state index in [1.54, 1.807) is 72.8 Å². The highest BCUT2D eigenvalue weighted by Gasteiger charge is 2.13. The lowest BCUT2D eigenvalue weighted by molar-refractivity contribution is 0.103. The first-order chi connectivity index (χ1) is 33.2. The summed E-state index contributed by atoms with van der Waals surface area (Å²) in [6.45, 7) is 5.30. The summed E-state index contributed by atoms with van der Waals surface area (Å²) >= 11 is 0. The highest BCUT2D eigenvalue weighted by atomic mass is 16.5. The number of hydrogen-bond acceptors (Lipinski definition) is 13. The SMILES string of the molecule is O=C(c1ccccc1)c1ccc(CN(CCO)CCO)cc1.O=C(c1ccccc1)c1ccc(N(CCO)CCO)cc1.O=C(c1ccccc1)c1ccc(OCCCN(CCO)CCO)cc1. The number of nitrogens with zero attached hydrogens (tertiary/aromatic N) is 3. The van der Waals surface area contributed by atoms with Gasteiger partial charge in [0.2, 0.25) is 0 Å². The van der Waals surface area contributed by atoms with Crippen molar-refractivity contribution in [1.29, 1.82) is 0 Å². The van der Waals surface area contributed by atoms with Crippen molar-refractivity contribution in [1.82, 2.24) is 9.80 Å². The second kappa shape index (κ2) is 31.6. The van der Waals surface area contributed by atoms with E-state index < -0.39 is 0 Å². The van der Waals surface area contributed by atoms with E-state index in [0.717, 1.165) is 30.0 Å². The van der Waals surface area contributed by atoms with Crippen molar-refractivity contribution in [3.8, 4) is 5.75 Å². The summed E-state index contributed by atoms with van der Waals surface area (Å²) in [4.78, 5) is 42.8. The Hall–Kier alpha value is -6.39. The summed E-state index contributed by atoms with van der Waals surface area (Å²) < 4.78 is 5.69. The van der Waals surface area contributed by atoms with E-state index in [0.29, 0.717) is 85.8 Å². The fraction of sp³-hybridized carbons (Fsp3) is 0.291. The zero-order chi connectivity index (χ0) is 48.8. The zero-order valence-corrected chi connectivity index (χ0v) is 38.6. The molecule has 0 unspecified atom stereocenters. The Morgan fingerprint density at radius 2 is 0.706 bits per heavy atom. The fourth-order valence-electron chi connectivity index (χ4n) is 7.08. The predicted octanol–water partition coefficient (Wildman–Crippen LogP) is 5.39. The van der Waals surface area contributed by atoms with E-state index in [2.05, 4.69) is 0 Å². The van der Waals surface area contributed by atoms with Crippen molar-refractivity contribution < 1.29 is 49.8 Å². The van der Waals surface area contributed by atoms with Crippen LogP contribution in [0.3, 0.4) is 0 Å². The molecule has 6 N–H and O–H groups in total. The summed E-state index contributed by atoms with van der Waals surface area (Å²) in [5.74, 6) is 0.712. The van der Waals surface area contributed by atoms with Gasteiger partial charge in [0.05, 0.1) is 46.2 Å². The van der Waals surface area contributed by atoms with Crippen LogP contribution in [0.5, 0.6) is 5.75 Å². The minimum atomic E-state index is -0.0157. The van der Waals surface area contributed by atoms with Crippen molar-refractivity contribution in [3.63, 3.8) is 0 Å². The number of benzene rings is 6. The third-order valence-electron chi connectivity index (χ3n) is 10.6. The second-order valence-corrected chi connectivity index (χ2v) is 15.5. The zero-order valence-electron chi connectivity index (χ0n) is 38.6. The maximum absolute atomic E-state index is 12.3. The highest BCUT2D eigenvalue weighted by Crippen LogP contribution is 2.19. The summed E-state index contributed by atoms with van der Waals surface area (Å²) in [7, 11) is 0. The molecule has 13 heteroatoms. The van der Waals surface area contributed by atoms with Crippen LogP contribution in [0.15, 0.2) is 164 Å². The third kappa shape index (κ3) is 18.7. The quantitative estimate of drug-likeness (QED) is 0.0301. The molecule has 0 amide bonds. The maximum Gasteiger partial charge on any atom is 0.193 e.